The Labute approximate surface area is 337 Å². The number of alkyl halides is 3. The van der Waals surface area contributed by atoms with Crippen molar-refractivity contribution in [3.63, 3.8) is 0 Å². The summed E-state index contributed by atoms with van der Waals surface area (Å²) in [7, 11) is 0. The van der Waals surface area contributed by atoms with E-state index >= 15 is 4.79 Å². The number of imide groups is 2. The third-order valence-corrected chi connectivity index (χ3v) is 12.0. The molecule has 3 aromatic carbocycles. The number of allylic oxidation sites excluding steroid dienone is 2. The highest BCUT2D eigenvalue weighted by molar-refractivity contribution is 6.33. The first-order chi connectivity index (χ1) is 27.6. The maximum absolute atomic E-state index is 15.4. The number of hydrazine groups is 1. The Bertz CT molecular complexity index is 2470. The summed E-state index contributed by atoms with van der Waals surface area (Å²) in [6.45, 7) is 1.86. The zero-order valence-electron chi connectivity index (χ0n) is 30.1. The molecule has 6 atom stereocenters. The molecular formula is C40H30Cl2F3N5O8. The van der Waals surface area contributed by atoms with E-state index < -0.39 is 86.1 Å². The minimum Gasteiger partial charge on any atom is -0.504 e. The lowest BCUT2D eigenvalue weighted by molar-refractivity contribution is -0.384. The lowest BCUT2D eigenvalue weighted by atomic mass is 9.49. The first-order valence-corrected chi connectivity index (χ1v) is 18.7. The maximum Gasteiger partial charge on any atom is 0.417 e. The van der Waals surface area contributed by atoms with Crippen molar-refractivity contribution in [1.29, 1.82) is 0 Å². The molecule has 1 saturated carbocycles. The third kappa shape index (κ3) is 5.95. The number of ether oxygens (including phenoxy) is 1. The molecule has 4 aliphatic rings. The van der Waals surface area contributed by atoms with Crippen LogP contribution in [0.15, 0.2) is 90.6 Å². The van der Waals surface area contributed by atoms with E-state index in [0.717, 1.165) is 11.0 Å². The van der Waals surface area contributed by atoms with Gasteiger partial charge in [-0.25, -0.2) is 9.88 Å². The van der Waals surface area contributed by atoms with Gasteiger partial charge in [0.2, 0.25) is 11.8 Å². The second-order valence-corrected chi connectivity index (χ2v) is 15.2. The molecule has 58 heavy (non-hydrogen) atoms. The number of phenolic OH excluding ortho intramolecular Hbond substituents is 1. The molecular weight excluding hydrogens is 806 g/mol. The van der Waals surface area contributed by atoms with Crippen molar-refractivity contribution in [2.75, 3.05) is 16.9 Å². The van der Waals surface area contributed by atoms with Crippen molar-refractivity contribution in [2.45, 2.75) is 37.3 Å². The van der Waals surface area contributed by atoms with Gasteiger partial charge in [0.15, 0.2) is 17.3 Å². The molecule has 2 aliphatic heterocycles. The molecule has 18 heteroatoms. The Morgan fingerprint density at radius 2 is 1.74 bits per heavy atom. The van der Waals surface area contributed by atoms with Crippen LogP contribution in [0, 0.1) is 33.8 Å². The number of phenols is 1. The first kappa shape index (κ1) is 38.9. The Hall–Kier alpha value is -6.00. The van der Waals surface area contributed by atoms with Crippen LogP contribution in [0.4, 0.5) is 30.4 Å². The molecule has 298 valence electrons. The summed E-state index contributed by atoms with van der Waals surface area (Å²) in [5.74, 6) is -8.61. The second-order valence-electron chi connectivity index (χ2n) is 14.4. The number of benzene rings is 3. The van der Waals surface area contributed by atoms with Gasteiger partial charge in [0.05, 0.1) is 51.0 Å². The van der Waals surface area contributed by atoms with E-state index in [4.69, 9.17) is 27.9 Å². The lowest BCUT2D eigenvalue weighted by Gasteiger charge is -2.50. The lowest BCUT2D eigenvalue weighted by Crippen LogP contribution is -2.53. The number of hydrogen-bond donors (Lipinski definition) is 2. The third-order valence-electron chi connectivity index (χ3n) is 11.5. The molecule has 3 heterocycles. The number of amides is 4. The molecule has 2 N–H and O–H groups in total. The zero-order chi connectivity index (χ0) is 41.4. The number of rotatable bonds is 8. The summed E-state index contributed by atoms with van der Waals surface area (Å²) in [5.41, 5.74) is 0.536. The summed E-state index contributed by atoms with van der Waals surface area (Å²) in [4.78, 5) is 74.6. The van der Waals surface area contributed by atoms with E-state index in [2.05, 4.69) is 10.4 Å². The molecule has 0 radical (unpaired) electrons. The Morgan fingerprint density at radius 3 is 2.41 bits per heavy atom. The molecule has 0 spiro atoms. The van der Waals surface area contributed by atoms with Crippen molar-refractivity contribution in [1.82, 2.24) is 9.99 Å². The van der Waals surface area contributed by atoms with E-state index in [1.165, 1.54) is 42.5 Å². The normalized spacial score (nSPS) is 25.3. The number of non-ortho nitro benzene ring substituents is 1. The van der Waals surface area contributed by atoms with Gasteiger partial charge < -0.3 is 9.84 Å². The Balaban J connectivity index is 1.31. The molecule has 3 fully saturated rings. The van der Waals surface area contributed by atoms with Gasteiger partial charge in [-0.3, -0.25) is 34.7 Å². The van der Waals surface area contributed by atoms with Crippen molar-refractivity contribution in [3.8, 4) is 11.5 Å². The number of nitrogens with zero attached hydrogens (tertiary/aromatic N) is 4. The molecule has 13 nitrogen and oxygen atoms in total. The van der Waals surface area contributed by atoms with Crippen LogP contribution < -0.4 is 15.1 Å². The van der Waals surface area contributed by atoms with Crippen LogP contribution in [0.25, 0.3) is 0 Å². The number of fused-ring (bicyclic) bond motifs is 4. The molecule has 1 aromatic heterocycles. The van der Waals surface area contributed by atoms with Crippen LogP contribution in [0.1, 0.15) is 42.4 Å². The monoisotopic (exact) mass is 835 g/mol. The summed E-state index contributed by atoms with van der Waals surface area (Å²) in [6.07, 6.45) is -2.62. The average molecular weight is 837 g/mol. The van der Waals surface area contributed by atoms with Gasteiger partial charge in [-0.1, -0.05) is 59.1 Å². The number of carbonyl (C=O) groups is 4. The quantitative estimate of drug-likeness (QED) is 0.0779. The topological polar surface area (TPSA) is 172 Å². The van der Waals surface area contributed by atoms with Gasteiger partial charge in [0, 0.05) is 29.3 Å². The highest BCUT2D eigenvalue weighted by atomic mass is 35.5. The van der Waals surface area contributed by atoms with Gasteiger partial charge in [0.1, 0.15) is 0 Å². The van der Waals surface area contributed by atoms with Crippen LogP contribution in [0.5, 0.6) is 11.5 Å². The number of halogens is 5. The van der Waals surface area contributed by atoms with E-state index in [-0.39, 0.29) is 42.3 Å². The second kappa shape index (κ2) is 14.1. The van der Waals surface area contributed by atoms with Crippen LogP contribution in [0.3, 0.4) is 0 Å². The first-order valence-electron chi connectivity index (χ1n) is 18.0. The van der Waals surface area contributed by atoms with Crippen molar-refractivity contribution in [3.05, 3.63) is 127 Å². The highest BCUT2D eigenvalue weighted by Gasteiger charge is 2.70. The molecule has 0 bridgehead atoms. The molecule has 6 unspecified atom stereocenters. The predicted molar refractivity (Wildman–Crippen MR) is 202 cm³/mol. The van der Waals surface area contributed by atoms with Gasteiger partial charge in [0.25, 0.3) is 17.5 Å². The fourth-order valence-electron chi connectivity index (χ4n) is 9.14. The van der Waals surface area contributed by atoms with E-state index in [0.29, 0.717) is 39.0 Å². The predicted octanol–water partition coefficient (Wildman–Crippen LogP) is 7.61. The van der Waals surface area contributed by atoms with Crippen LogP contribution in [-0.4, -0.2) is 50.3 Å². The summed E-state index contributed by atoms with van der Waals surface area (Å²) < 4.78 is 46.3. The molecule has 4 aromatic rings. The van der Waals surface area contributed by atoms with E-state index in [1.54, 1.807) is 31.2 Å². The van der Waals surface area contributed by atoms with Crippen molar-refractivity contribution < 1.29 is 47.1 Å². The Morgan fingerprint density at radius 1 is 1.00 bits per heavy atom. The number of hydrogen-bond acceptors (Lipinski definition) is 10. The number of nitro groups is 1. The largest absolute Gasteiger partial charge is 0.504 e. The van der Waals surface area contributed by atoms with Crippen LogP contribution in [0.2, 0.25) is 10.0 Å². The number of aromatic hydroxyl groups is 1. The standard InChI is InChI=1S/C40H30Cl2F3N5O8/c1-2-58-31-14-19(6-13-30(31)51)33-25-11-12-26-32(37(54)48(35(26)52)23-4-3-5-24(16-23)50(56)57)27(25)17-28-36(53)49(38(55)39(28,33)20-7-9-22(41)10-8-20)47-34-29(42)15-21(18-46-34)40(43,44)45/h3-11,13-16,18,26-28,32-33,51H,2,12,17H2,1H3,(H,46,47). The van der Waals surface area contributed by atoms with Gasteiger partial charge >= 0.3 is 6.18 Å². The van der Waals surface area contributed by atoms with Crippen LogP contribution in [-0.2, 0) is 30.8 Å². The molecule has 8 rings (SSSR count). The number of nitro benzene ring substituents is 1. The molecule has 2 aliphatic carbocycles. The molecule has 4 amide bonds. The maximum atomic E-state index is 15.4. The fourth-order valence-corrected chi connectivity index (χ4v) is 9.47. The SMILES string of the molecule is CCOc1cc(C2C3=CCC4C(=O)N(c5cccc([N+](=O)[O-])c5)C(=O)C4C3CC3C(=O)N(Nc4ncc(C(F)(F)F)cc4Cl)C(=O)C32c2ccc(Cl)cc2)ccc1O. The smallest absolute Gasteiger partial charge is 0.417 e. The van der Waals surface area contributed by atoms with Gasteiger partial charge in [-0.2, -0.15) is 18.2 Å². The number of pyridine rings is 1. The molecule has 2 saturated heterocycles. The van der Waals surface area contributed by atoms with E-state index in [9.17, 15) is 42.8 Å². The van der Waals surface area contributed by atoms with Crippen molar-refractivity contribution >= 4 is 64.0 Å². The average Bonchev–Trinajstić information content (AvgIpc) is 3.57. The number of anilines is 2. The minimum absolute atomic E-state index is 0.00586. The highest BCUT2D eigenvalue weighted by Crippen LogP contribution is 2.64. The van der Waals surface area contributed by atoms with Gasteiger partial charge in [-0.05, 0) is 73.2 Å². The fraction of sp³-hybridized carbons (Fsp3) is 0.275. The number of nitrogens with one attached hydrogen (secondary N) is 1. The van der Waals surface area contributed by atoms with Crippen LogP contribution >= 0.6 is 23.2 Å². The van der Waals surface area contributed by atoms with Crippen molar-refractivity contribution in [2.24, 2.45) is 23.7 Å². The van der Waals surface area contributed by atoms with E-state index in [1.807, 2.05) is 0 Å². The summed E-state index contributed by atoms with van der Waals surface area (Å²) >= 11 is 12.6. The number of aromatic nitrogens is 1. The number of carbonyl (C=O) groups excluding carboxylic acids is 4. The van der Waals surface area contributed by atoms with Gasteiger partial charge in [-0.15, -0.1) is 0 Å². The minimum atomic E-state index is -4.79. The summed E-state index contributed by atoms with van der Waals surface area (Å²) in [6, 6.07) is 16.5. The Kier molecular flexibility index (Phi) is 9.46. The summed E-state index contributed by atoms with van der Waals surface area (Å²) in [5, 5.41) is 22.8. The zero-order valence-corrected chi connectivity index (χ0v) is 31.6.